The van der Waals surface area contributed by atoms with E-state index in [1.165, 1.54) is 15.3 Å². The number of aryl methyl sites for hydroxylation is 1. The third-order valence-electron chi connectivity index (χ3n) is 6.95. The third kappa shape index (κ3) is 3.56. The maximum Gasteiger partial charge on any atom is 0.254 e. The molecule has 1 aliphatic carbocycles. The van der Waals surface area contributed by atoms with Crippen molar-refractivity contribution in [2.45, 2.75) is 37.0 Å². The molecule has 0 bridgehead atoms. The van der Waals surface area contributed by atoms with Gasteiger partial charge in [-0.05, 0) is 55.3 Å². The van der Waals surface area contributed by atoms with Crippen LogP contribution in [0.3, 0.4) is 0 Å². The average molecular weight is 514 g/mol. The summed E-state index contributed by atoms with van der Waals surface area (Å²) >= 11 is 1.41. The SMILES string of the molecule is COc1cc(C(=O)N2CCCC(N)C2)cc2nc(-c3cc4ccsc4n3S(=O)(=O)C3CC3)n(C)c12. The van der Waals surface area contributed by atoms with Crippen molar-refractivity contribution in [3.05, 3.63) is 35.2 Å². The second-order valence-corrected chi connectivity index (χ2v) is 12.4. The zero-order chi connectivity index (χ0) is 24.5. The van der Waals surface area contributed by atoms with E-state index in [1.807, 2.05) is 29.1 Å². The molecule has 1 atom stereocenters. The quantitative estimate of drug-likeness (QED) is 0.439. The topological polar surface area (TPSA) is 112 Å². The van der Waals surface area contributed by atoms with Gasteiger partial charge in [0.1, 0.15) is 21.8 Å². The van der Waals surface area contributed by atoms with Crippen LogP contribution in [0.2, 0.25) is 0 Å². The highest BCUT2D eigenvalue weighted by Crippen LogP contribution is 2.40. The number of hydrogen-bond acceptors (Lipinski definition) is 7. The molecule has 35 heavy (non-hydrogen) atoms. The van der Waals surface area contributed by atoms with Crippen molar-refractivity contribution in [1.29, 1.82) is 0 Å². The minimum absolute atomic E-state index is 0.0187. The van der Waals surface area contributed by atoms with Crippen LogP contribution in [0, 0.1) is 0 Å². The summed E-state index contributed by atoms with van der Waals surface area (Å²) in [6.07, 6.45) is 3.14. The van der Waals surface area contributed by atoms with Crippen molar-refractivity contribution in [3.63, 3.8) is 0 Å². The van der Waals surface area contributed by atoms with Gasteiger partial charge in [0.05, 0.1) is 17.9 Å². The van der Waals surface area contributed by atoms with Crippen LogP contribution in [0.15, 0.2) is 29.6 Å². The highest BCUT2D eigenvalue weighted by molar-refractivity contribution is 7.91. The van der Waals surface area contributed by atoms with Gasteiger partial charge in [-0.25, -0.2) is 17.4 Å². The highest BCUT2D eigenvalue weighted by Gasteiger charge is 2.40. The van der Waals surface area contributed by atoms with Crippen LogP contribution in [-0.2, 0) is 17.1 Å². The summed E-state index contributed by atoms with van der Waals surface area (Å²) in [6, 6.07) is 7.27. The number of imidazole rings is 1. The largest absolute Gasteiger partial charge is 0.494 e. The summed E-state index contributed by atoms with van der Waals surface area (Å²) < 4.78 is 35.8. The fourth-order valence-electron chi connectivity index (χ4n) is 5.02. The number of rotatable bonds is 5. The maximum atomic E-state index is 13.4. The molecule has 184 valence electrons. The molecule has 1 saturated heterocycles. The molecule has 4 aromatic rings. The number of benzene rings is 1. The molecule has 3 aromatic heterocycles. The molecular weight excluding hydrogens is 486 g/mol. The van der Waals surface area contributed by atoms with Crippen molar-refractivity contribution >= 4 is 48.5 Å². The summed E-state index contributed by atoms with van der Waals surface area (Å²) in [4.78, 5) is 20.6. The van der Waals surface area contributed by atoms with Crippen LogP contribution < -0.4 is 10.5 Å². The van der Waals surface area contributed by atoms with E-state index in [0.717, 1.165) is 18.2 Å². The Morgan fingerprint density at radius 2 is 2.03 bits per heavy atom. The lowest BCUT2D eigenvalue weighted by Crippen LogP contribution is -2.45. The van der Waals surface area contributed by atoms with Gasteiger partial charge in [-0.2, -0.15) is 0 Å². The first-order chi connectivity index (χ1) is 16.8. The van der Waals surface area contributed by atoms with E-state index in [2.05, 4.69) is 0 Å². The van der Waals surface area contributed by atoms with E-state index in [1.54, 1.807) is 24.1 Å². The van der Waals surface area contributed by atoms with E-state index in [0.29, 0.717) is 64.6 Å². The summed E-state index contributed by atoms with van der Waals surface area (Å²) in [5.41, 5.74) is 8.37. The van der Waals surface area contributed by atoms with Crippen molar-refractivity contribution in [2.75, 3.05) is 20.2 Å². The molecule has 6 rings (SSSR count). The fraction of sp³-hybridized carbons (Fsp3) is 0.417. The first kappa shape index (κ1) is 22.6. The predicted molar refractivity (Wildman–Crippen MR) is 137 cm³/mol. The van der Waals surface area contributed by atoms with Crippen LogP contribution in [0.25, 0.3) is 32.8 Å². The molecule has 4 heterocycles. The Bertz CT molecular complexity index is 1580. The predicted octanol–water partition coefficient (Wildman–Crippen LogP) is 3.17. The van der Waals surface area contributed by atoms with Gasteiger partial charge in [-0.1, -0.05) is 0 Å². The molecule has 1 aliphatic heterocycles. The monoisotopic (exact) mass is 513 g/mol. The second kappa shape index (κ2) is 8.07. The number of ether oxygens (including phenoxy) is 1. The number of fused-ring (bicyclic) bond motifs is 2. The van der Waals surface area contributed by atoms with Crippen LogP contribution in [0.5, 0.6) is 5.75 Å². The Morgan fingerprint density at radius 3 is 2.74 bits per heavy atom. The highest BCUT2D eigenvalue weighted by atomic mass is 32.2. The van der Waals surface area contributed by atoms with Gasteiger partial charge >= 0.3 is 0 Å². The Kier molecular flexibility index (Phi) is 5.20. The summed E-state index contributed by atoms with van der Waals surface area (Å²) in [5, 5.41) is 2.41. The van der Waals surface area contributed by atoms with Crippen LogP contribution in [0.1, 0.15) is 36.0 Å². The van der Waals surface area contributed by atoms with Crippen LogP contribution in [0.4, 0.5) is 0 Å². The van der Waals surface area contributed by atoms with E-state index in [-0.39, 0.29) is 17.2 Å². The lowest BCUT2D eigenvalue weighted by atomic mass is 10.0. The molecular formula is C24H27N5O4S2. The molecule has 9 nitrogen and oxygen atoms in total. The standard InChI is InChI=1S/C24H27N5O4S2/c1-27-21-18(10-15(12-20(21)33-2)23(30)28-8-3-4-16(25)13-28)26-22(27)19-11-14-7-9-34-24(14)29(19)35(31,32)17-5-6-17/h7,9-12,16-17H,3-6,8,13,25H2,1-2H3. The molecule has 1 unspecified atom stereocenters. The Morgan fingerprint density at radius 1 is 1.23 bits per heavy atom. The van der Waals surface area contributed by atoms with Crippen molar-refractivity contribution < 1.29 is 17.9 Å². The number of thiophene rings is 1. The van der Waals surface area contributed by atoms with Crippen LogP contribution in [-0.4, -0.2) is 64.2 Å². The third-order valence-corrected chi connectivity index (χ3v) is 10.2. The summed E-state index contributed by atoms with van der Waals surface area (Å²) in [6.45, 7) is 1.19. The number of methoxy groups -OCH3 is 1. The Balaban J connectivity index is 1.51. The number of likely N-dealkylation sites (tertiary alicyclic amines) is 1. The fourth-order valence-corrected chi connectivity index (χ4v) is 8.04. The number of aromatic nitrogens is 3. The minimum atomic E-state index is -3.54. The molecule has 1 aromatic carbocycles. The molecule has 2 N–H and O–H groups in total. The number of nitrogens with two attached hydrogens (primary N) is 1. The normalized spacial score (nSPS) is 19.1. The zero-order valence-corrected chi connectivity index (χ0v) is 21.2. The maximum absolute atomic E-state index is 13.4. The van der Waals surface area contributed by atoms with Gasteiger partial charge in [0.2, 0.25) is 10.0 Å². The van der Waals surface area contributed by atoms with Crippen molar-refractivity contribution in [2.24, 2.45) is 12.8 Å². The van der Waals surface area contributed by atoms with Crippen LogP contribution >= 0.6 is 11.3 Å². The van der Waals surface area contributed by atoms with Gasteiger partial charge in [-0.3, -0.25) is 4.79 Å². The number of piperidine rings is 1. The van der Waals surface area contributed by atoms with E-state index < -0.39 is 10.0 Å². The van der Waals surface area contributed by atoms with Gasteiger partial charge < -0.3 is 19.9 Å². The summed E-state index contributed by atoms with van der Waals surface area (Å²) in [7, 11) is -0.140. The smallest absolute Gasteiger partial charge is 0.254 e. The summed E-state index contributed by atoms with van der Waals surface area (Å²) in [5.74, 6) is 0.918. The van der Waals surface area contributed by atoms with Crippen molar-refractivity contribution in [1.82, 2.24) is 18.4 Å². The number of carbonyl (C=O) groups excluding carboxylic acids is 1. The Hall–Kier alpha value is -2.89. The first-order valence-corrected chi connectivity index (χ1v) is 14.1. The first-order valence-electron chi connectivity index (χ1n) is 11.7. The molecule has 1 amide bonds. The van der Waals surface area contributed by atoms with E-state index in [9.17, 15) is 13.2 Å². The number of nitrogens with zero attached hydrogens (tertiary/aromatic N) is 4. The van der Waals surface area contributed by atoms with Gasteiger partial charge in [0.15, 0.2) is 5.82 Å². The van der Waals surface area contributed by atoms with E-state index in [4.69, 9.17) is 15.5 Å². The number of hydrogen-bond donors (Lipinski definition) is 1. The molecule has 0 spiro atoms. The lowest BCUT2D eigenvalue weighted by Gasteiger charge is -2.30. The molecule has 2 fully saturated rings. The molecule has 0 radical (unpaired) electrons. The molecule has 2 aliphatic rings. The minimum Gasteiger partial charge on any atom is -0.494 e. The average Bonchev–Trinajstić information content (AvgIpc) is 3.40. The second-order valence-electron chi connectivity index (χ2n) is 9.41. The van der Waals surface area contributed by atoms with Gasteiger partial charge in [0.25, 0.3) is 5.91 Å². The van der Waals surface area contributed by atoms with Crippen molar-refractivity contribution in [3.8, 4) is 17.3 Å². The lowest BCUT2D eigenvalue weighted by molar-refractivity contribution is 0.0708. The zero-order valence-electron chi connectivity index (χ0n) is 19.6. The van der Waals surface area contributed by atoms with Gasteiger partial charge in [0, 0.05) is 37.1 Å². The van der Waals surface area contributed by atoms with E-state index >= 15 is 0 Å². The Labute approximate surface area is 207 Å². The molecule has 11 heteroatoms. The number of carbonyl (C=O) groups is 1. The number of amides is 1. The van der Waals surface area contributed by atoms with Gasteiger partial charge in [-0.15, -0.1) is 11.3 Å². The molecule has 1 saturated carbocycles.